The highest BCUT2D eigenvalue weighted by Crippen LogP contribution is 2.39. The van der Waals surface area contributed by atoms with Crippen LogP contribution in [0.1, 0.15) is 97.5 Å². The van der Waals surface area contributed by atoms with E-state index in [0.717, 1.165) is 22.5 Å². The molecule has 0 unspecified atom stereocenters. The Morgan fingerprint density at radius 1 is 0.879 bits per heavy atom. The molecule has 0 radical (unpaired) electrons. The molecule has 1 saturated heterocycles. The second-order valence-electron chi connectivity index (χ2n) is 11.2. The first kappa shape index (κ1) is 24.5. The summed E-state index contributed by atoms with van der Waals surface area (Å²) in [6, 6.07) is 13.8. The molecule has 2 fully saturated rings. The number of unbranched alkanes of at least 4 members (excludes halogenated alkanes) is 2. The summed E-state index contributed by atoms with van der Waals surface area (Å²) in [6.45, 7) is 10.5. The van der Waals surface area contributed by atoms with Crippen molar-refractivity contribution in [3.63, 3.8) is 0 Å². The summed E-state index contributed by atoms with van der Waals surface area (Å²) in [6.07, 6.45) is 10.3. The normalized spacial score (nSPS) is 24.2. The molecule has 0 spiro atoms. The fraction of sp³-hybridized carbons (Fsp3) is 0.586. The Morgan fingerprint density at radius 3 is 2.09 bits per heavy atom. The molecule has 1 aliphatic carbocycles. The van der Waals surface area contributed by atoms with E-state index in [1.807, 2.05) is 30.3 Å². The number of hydrogen-bond acceptors (Lipinski definition) is 2. The van der Waals surface area contributed by atoms with Gasteiger partial charge < -0.3 is 9.31 Å². The van der Waals surface area contributed by atoms with Crippen LogP contribution in [-0.4, -0.2) is 18.3 Å². The maximum Gasteiger partial charge on any atom is 0.494 e. The number of benzene rings is 2. The monoisotopic (exact) mass is 450 g/mol. The SMILES string of the molecule is CCCCCC1CCC(c2ccc(-c3ccc(B4OC(C)(C)C(C)(C)O4)cc3)c(F)c2)CC1. The first-order valence-electron chi connectivity index (χ1n) is 13.0. The van der Waals surface area contributed by atoms with Gasteiger partial charge in [0.2, 0.25) is 0 Å². The quantitative estimate of drug-likeness (QED) is 0.319. The molecule has 2 aromatic rings. The van der Waals surface area contributed by atoms with Crippen LogP contribution >= 0.6 is 0 Å². The maximum absolute atomic E-state index is 15.1. The highest BCUT2D eigenvalue weighted by molar-refractivity contribution is 6.62. The van der Waals surface area contributed by atoms with Crippen molar-refractivity contribution in [2.24, 2.45) is 5.92 Å². The summed E-state index contributed by atoms with van der Waals surface area (Å²) in [5.74, 6) is 1.25. The lowest BCUT2D eigenvalue weighted by molar-refractivity contribution is 0.00578. The summed E-state index contributed by atoms with van der Waals surface area (Å²) in [7, 11) is -0.395. The zero-order chi connectivity index (χ0) is 23.6. The van der Waals surface area contributed by atoms with Crippen molar-refractivity contribution in [2.75, 3.05) is 0 Å². The molecule has 2 aromatic carbocycles. The van der Waals surface area contributed by atoms with Gasteiger partial charge in [0.1, 0.15) is 5.82 Å². The van der Waals surface area contributed by atoms with E-state index in [1.165, 1.54) is 51.4 Å². The van der Waals surface area contributed by atoms with E-state index in [2.05, 4.69) is 40.7 Å². The molecule has 4 heteroatoms. The summed E-state index contributed by atoms with van der Waals surface area (Å²) < 4.78 is 27.4. The van der Waals surface area contributed by atoms with Gasteiger partial charge in [-0.05, 0) is 87.9 Å². The largest absolute Gasteiger partial charge is 0.494 e. The highest BCUT2D eigenvalue weighted by atomic mass is 19.1. The van der Waals surface area contributed by atoms with Crippen molar-refractivity contribution in [3.05, 3.63) is 53.8 Å². The van der Waals surface area contributed by atoms with Crippen molar-refractivity contribution in [1.82, 2.24) is 0 Å². The third-order valence-corrected chi connectivity index (χ3v) is 8.27. The van der Waals surface area contributed by atoms with Crippen LogP contribution in [0.5, 0.6) is 0 Å². The van der Waals surface area contributed by atoms with E-state index in [0.29, 0.717) is 11.5 Å². The van der Waals surface area contributed by atoms with E-state index >= 15 is 4.39 Å². The Labute approximate surface area is 200 Å². The van der Waals surface area contributed by atoms with Gasteiger partial charge in [0.25, 0.3) is 0 Å². The van der Waals surface area contributed by atoms with Crippen molar-refractivity contribution in [3.8, 4) is 11.1 Å². The van der Waals surface area contributed by atoms with Crippen LogP contribution < -0.4 is 5.46 Å². The maximum atomic E-state index is 15.1. The lowest BCUT2D eigenvalue weighted by Gasteiger charge is -2.32. The Bertz CT molecular complexity index is 913. The van der Waals surface area contributed by atoms with Gasteiger partial charge in [-0.3, -0.25) is 0 Å². The van der Waals surface area contributed by atoms with Gasteiger partial charge in [-0.25, -0.2) is 4.39 Å². The standard InChI is InChI=1S/C29H40BFO2/c1-6-7-8-9-21-10-12-22(13-11-21)24-16-19-26(27(31)20-24)23-14-17-25(18-15-23)30-32-28(2,3)29(4,5)33-30/h14-22H,6-13H2,1-5H3. The summed E-state index contributed by atoms with van der Waals surface area (Å²) >= 11 is 0. The van der Waals surface area contributed by atoms with Crippen molar-refractivity contribution in [2.45, 2.75) is 103 Å². The molecular weight excluding hydrogens is 410 g/mol. The van der Waals surface area contributed by atoms with Crippen LogP contribution in [-0.2, 0) is 9.31 Å². The van der Waals surface area contributed by atoms with Crippen LogP contribution in [0.4, 0.5) is 4.39 Å². The Hall–Kier alpha value is -1.65. The summed E-state index contributed by atoms with van der Waals surface area (Å²) in [5, 5.41) is 0. The summed E-state index contributed by atoms with van der Waals surface area (Å²) in [4.78, 5) is 0. The Kier molecular flexibility index (Phi) is 7.36. The number of hydrogen-bond donors (Lipinski definition) is 0. The van der Waals surface area contributed by atoms with E-state index in [-0.39, 0.29) is 17.0 Å². The fourth-order valence-corrected chi connectivity index (χ4v) is 5.29. The average molecular weight is 450 g/mol. The molecule has 1 heterocycles. The molecule has 33 heavy (non-hydrogen) atoms. The van der Waals surface area contributed by atoms with Gasteiger partial charge in [0, 0.05) is 5.56 Å². The molecule has 2 nitrogen and oxygen atoms in total. The van der Waals surface area contributed by atoms with E-state index < -0.39 is 7.12 Å². The highest BCUT2D eigenvalue weighted by Gasteiger charge is 2.51. The number of halogens is 1. The third-order valence-electron chi connectivity index (χ3n) is 8.27. The van der Waals surface area contributed by atoms with Crippen LogP contribution in [0.3, 0.4) is 0 Å². The molecule has 4 rings (SSSR count). The van der Waals surface area contributed by atoms with Crippen molar-refractivity contribution < 1.29 is 13.7 Å². The van der Waals surface area contributed by atoms with E-state index in [4.69, 9.17) is 9.31 Å². The zero-order valence-electron chi connectivity index (χ0n) is 21.1. The van der Waals surface area contributed by atoms with Crippen molar-refractivity contribution in [1.29, 1.82) is 0 Å². The minimum atomic E-state index is -0.395. The molecule has 0 N–H and O–H groups in total. The zero-order valence-corrected chi connectivity index (χ0v) is 21.1. The van der Waals surface area contributed by atoms with Crippen LogP contribution in [0, 0.1) is 11.7 Å². The van der Waals surface area contributed by atoms with Crippen LogP contribution in [0.2, 0.25) is 0 Å². The number of rotatable bonds is 7. The molecule has 1 saturated carbocycles. The third kappa shape index (κ3) is 5.38. The summed E-state index contributed by atoms with van der Waals surface area (Å²) in [5.41, 5.74) is 2.94. The van der Waals surface area contributed by atoms with Gasteiger partial charge >= 0.3 is 7.12 Å². The van der Waals surface area contributed by atoms with Gasteiger partial charge in [-0.1, -0.05) is 69.0 Å². The topological polar surface area (TPSA) is 18.5 Å². The van der Waals surface area contributed by atoms with Crippen molar-refractivity contribution >= 4 is 12.6 Å². The average Bonchev–Trinajstić information content (AvgIpc) is 3.01. The van der Waals surface area contributed by atoms with E-state index in [9.17, 15) is 0 Å². The molecule has 0 aromatic heterocycles. The first-order chi connectivity index (χ1) is 15.7. The smallest absolute Gasteiger partial charge is 0.399 e. The minimum Gasteiger partial charge on any atom is -0.399 e. The van der Waals surface area contributed by atoms with Gasteiger partial charge in [0.15, 0.2) is 0 Å². The minimum absolute atomic E-state index is 0.124. The lowest BCUT2D eigenvalue weighted by Crippen LogP contribution is -2.41. The second kappa shape index (κ2) is 9.92. The Morgan fingerprint density at radius 2 is 1.52 bits per heavy atom. The Balaban J connectivity index is 1.40. The predicted octanol–water partition coefficient (Wildman–Crippen LogP) is 7.65. The predicted molar refractivity (Wildman–Crippen MR) is 136 cm³/mol. The van der Waals surface area contributed by atoms with E-state index in [1.54, 1.807) is 6.07 Å². The van der Waals surface area contributed by atoms with Gasteiger partial charge in [-0.15, -0.1) is 0 Å². The molecule has 1 aliphatic heterocycles. The molecule has 0 atom stereocenters. The first-order valence-corrected chi connectivity index (χ1v) is 13.0. The van der Waals surface area contributed by atoms with Crippen LogP contribution in [0.15, 0.2) is 42.5 Å². The second-order valence-corrected chi connectivity index (χ2v) is 11.2. The van der Waals surface area contributed by atoms with Gasteiger partial charge in [-0.2, -0.15) is 0 Å². The fourth-order valence-electron chi connectivity index (χ4n) is 5.29. The molecule has 2 aliphatic rings. The molecular formula is C29H40BFO2. The van der Waals surface area contributed by atoms with Gasteiger partial charge in [0.05, 0.1) is 11.2 Å². The lowest BCUT2D eigenvalue weighted by atomic mass is 9.76. The molecule has 0 bridgehead atoms. The molecule has 0 amide bonds. The van der Waals surface area contributed by atoms with Crippen LogP contribution in [0.25, 0.3) is 11.1 Å². The molecule has 178 valence electrons.